The standard InChI is InChI=1S/C14H21N3O/c15-7-14-16-13(17-18-14)6-12-10-2-8-1-9(4-10)5-11(12)3-8/h8-12H,1-7,15H2. The Balaban J connectivity index is 1.51. The lowest BCUT2D eigenvalue weighted by molar-refractivity contribution is -0.0368. The van der Waals surface area contributed by atoms with Crippen molar-refractivity contribution in [2.45, 2.75) is 45.1 Å². The van der Waals surface area contributed by atoms with Crippen LogP contribution in [0, 0.1) is 29.6 Å². The molecule has 0 amide bonds. The second kappa shape index (κ2) is 4.05. The van der Waals surface area contributed by atoms with E-state index in [-0.39, 0.29) is 0 Å². The summed E-state index contributed by atoms with van der Waals surface area (Å²) in [5.41, 5.74) is 5.52. The van der Waals surface area contributed by atoms with Gasteiger partial charge in [0.2, 0.25) is 5.89 Å². The molecule has 4 nitrogen and oxygen atoms in total. The van der Waals surface area contributed by atoms with Crippen molar-refractivity contribution in [3.63, 3.8) is 0 Å². The summed E-state index contributed by atoms with van der Waals surface area (Å²) in [7, 11) is 0. The van der Waals surface area contributed by atoms with Crippen LogP contribution in [0.25, 0.3) is 0 Å². The lowest BCUT2D eigenvalue weighted by atomic mass is 9.51. The number of hydrogen-bond donors (Lipinski definition) is 1. The van der Waals surface area contributed by atoms with E-state index in [0.29, 0.717) is 12.4 Å². The highest BCUT2D eigenvalue weighted by Gasteiger charge is 2.48. The highest BCUT2D eigenvalue weighted by molar-refractivity contribution is 5.01. The fraction of sp³-hybridized carbons (Fsp3) is 0.857. The molecule has 0 spiro atoms. The summed E-state index contributed by atoms with van der Waals surface area (Å²) >= 11 is 0. The largest absolute Gasteiger partial charge is 0.338 e. The fourth-order valence-electron chi connectivity index (χ4n) is 5.04. The van der Waals surface area contributed by atoms with Gasteiger partial charge in [-0.3, -0.25) is 0 Å². The second-order valence-electron chi connectivity index (χ2n) is 6.61. The normalized spacial score (nSPS) is 41.5. The van der Waals surface area contributed by atoms with Gasteiger partial charge in [0, 0.05) is 6.42 Å². The van der Waals surface area contributed by atoms with E-state index in [4.69, 9.17) is 10.3 Å². The molecule has 5 rings (SSSR count). The molecule has 4 bridgehead atoms. The van der Waals surface area contributed by atoms with Crippen molar-refractivity contribution in [1.29, 1.82) is 0 Å². The van der Waals surface area contributed by atoms with Crippen LogP contribution in [-0.4, -0.2) is 10.1 Å². The minimum atomic E-state index is 0.356. The first kappa shape index (κ1) is 11.0. The van der Waals surface area contributed by atoms with Crippen molar-refractivity contribution >= 4 is 0 Å². The van der Waals surface area contributed by atoms with E-state index in [2.05, 4.69) is 10.1 Å². The predicted octanol–water partition coefficient (Wildman–Crippen LogP) is 2.14. The van der Waals surface area contributed by atoms with Crippen LogP contribution in [0.3, 0.4) is 0 Å². The van der Waals surface area contributed by atoms with Gasteiger partial charge in [0.15, 0.2) is 5.82 Å². The third-order valence-corrected chi connectivity index (χ3v) is 5.53. The SMILES string of the molecule is NCc1nc(CC2C3CC4CC(C3)CC2C4)no1. The monoisotopic (exact) mass is 247 g/mol. The number of hydrogen-bond acceptors (Lipinski definition) is 4. The first-order valence-electron chi connectivity index (χ1n) is 7.33. The van der Waals surface area contributed by atoms with Crippen molar-refractivity contribution in [3.8, 4) is 0 Å². The Hall–Kier alpha value is -0.900. The average Bonchev–Trinajstić information content (AvgIpc) is 2.80. The summed E-state index contributed by atoms with van der Waals surface area (Å²) in [5, 5.41) is 4.07. The molecule has 1 heterocycles. The molecule has 4 fully saturated rings. The topological polar surface area (TPSA) is 64.9 Å². The lowest BCUT2D eigenvalue weighted by Gasteiger charge is -2.54. The lowest BCUT2D eigenvalue weighted by Crippen LogP contribution is -2.45. The molecule has 2 N–H and O–H groups in total. The second-order valence-corrected chi connectivity index (χ2v) is 6.61. The Kier molecular flexibility index (Phi) is 2.47. The van der Waals surface area contributed by atoms with Crippen molar-refractivity contribution in [2.24, 2.45) is 35.3 Å². The molecule has 0 aromatic carbocycles. The molecule has 0 saturated heterocycles. The molecular formula is C14H21N3O. The summed E-state index contributed by atoms with van der Waals surface area (Å²) < 4.78 is 5.12. The Morgan fingerprint density at radius 2 is 1.72 bits per heavy atom. The minimum Gasteiger partial charge on any atom is -0.338 e. The number of rotatable bonds is 3. The van der Waals surface area contributed by atoms with E-state index >= 15 is 0 Å². The van der Waals surface area contributed by atoms with Gasteiger partial charge in [-0.1, -0.05) is 5.16 Å². The van der Waals surface area contributed by atoms with E-state index in [1.54, 1.807) is 0 Å². The summed E-state index contributed by atoms with van der Waals surface area (Å²) in [6.45, 7) is 0.356. The van der Waals surface area contributed by atoms with Gasteiger partial charge >= 0.3 is 0 Å². The van der Waals surface area contributed by atoms with Crippen molar-refractivity contribution in [3.05, 3.63) is 11.7 Å². The molecule has 4 heteroatoms. The highest BCUT2D eigenvalue weighted by atomic mass is 16.5. The maximum Gasteiger partial charge on any atom is 0.240 e. The molecule has 0 unspecified atom stereocenters. The molecule has 18 heavy (non-hydrogen) atoms. The van der Waals surface area contributed by atoms with Gasteiger partial charge in [-0.2, -0.15) is 4.98 Å². The minimum absolute atomic E-state index is 0.356. The van der Waals surface area contributed by atoms with Crippen LogP contribution >= 0.6 is 0 Å². The maximum atomic E-state index is 5.52. The Morgan fingerprint density at radius 3 is 2.28 bits per heavy atom. The highest BCUT2D eigenvalue weighted by Crippen LogP contribution is 2.57. The Morgan fingerprint density at radius 1 is 1.06 bits per heavy atom. The fourth-order valence-corrected chi connectivity index (χ4v) is 5.04. The van der Waals surface area contributed by atoms with Gasteiger partial charge in [0.05, 0.1) is 6.54 Å². The van der Waals surface area contributed by atoms with Crippen molar-refractivity contribution < 1.29 is 4.52 Å². The van der Waals surface area contributed by atoms with Crippen LogP contribution in [0.5, 0.6) is 0 Å². The molecule has 0 atom stereocenters. The molecule has 98 valence electrons. The van der Waals surface area contributed by atoms with E-state index in [1.165, 1.54) is 32.1 Å². The molecular weight excluding hydrogens is 226 g/mol. The third-order valence-electron chi connectivity index (χ3n) is 5.53. The van der Waals surface area contributed by atoms with E-state index in [9.17, 15) is 0 Å². The zero-order valence-corrected chi connectivity index (χ0v) is 10.7. The van der Waals surface area contributed by atoms with Gasteiger partial charge in [-0.15, -0.1) is 0 Å². The molecule has 1 aromatic rings. The molecule has 4 saturated carbocycles. The molecule has 0 aliphatic heterocycles. The molecule has 4 aliphatic rings. The van der Waals surface area contributed by atoms with Crippen LogP contribution in [0.2, 0.25) is 0 Å². The van der Waals surface area contributed by atoms with Crippen LogP contribution in [-0.2, 0) is 13.0 Å². The molecule has 0 radical (unpaired) electrons. The number of nitrogens with zero attached hydrogens (tertiary/aromatic N) is 2. The summed E-state index contributed by atoms with van der Waals surface area (Å²) in [6.07, 6.45) is 8.36. The first-order chi connectivity index (χ1) is 8.81. The van der Waals surface area contributed by atoms with Gasteiger partial charge < -0.3 is 10.3 Å². The Labute approximate surface area is 107 Å². The maximum absolute atomic E-state index is 5.52. The quantitative estimate of drug-likeness (QED) is 0.888. The summed E-state index contributed by atoms with van der Waals surface area (Å²) in [5.74, 6) is 6.20. The van der Waals surface area contributed by atoms with E-state index < -0.39 is 0 Å². The van der Waals surface area contributed by atoms with Crippen LogP contribution in [0.1, 0.15) is 43.8 Å². The van der Waals surface area contributed by atoms with E-state index in [0.717, 1.165) is 41.8 Å². The van der Waals surface area contributed by atoms with Crippen LogP contribution in [0.4, 0.5) is 0 Å². The van der Waals surface area contributed by atoms with Gasteiger partial charge in [0.25, 0.3) is 0 Å². The zero-order chi connectivity index (χ0) is 12.1. The number of aromatic nitrogens is 2. The van der Waals surface area contributed by atoms with Crippen LogP contribution < -0.4 is 5.73 Å². The first-order valence-corrected chi connectivity index (χ1v) is 7.33. The van der Waals surface area contributed by atoms with E-state index in [1.807, 2.05) is 0 Å². The average molecular weight is 247 g/mol. The summed E-state index contributed by atoms with van der Waals surface area (Å²) in [4.78, 5) is 4.38. The molecule has 4 aliphatic carbocycles. The van der Waals surface area contributed by atoms with Gasteiger partial charge in [-0.25, -0.2) is 0 Å². The van der Waals surface area contributed by atoms with Crippen LogP contribution in [0.15, 0.2) is 4.52 Å². The number of nitrogens with two attached hydrogens (primary N) is 1. The predicted molar refractivity (Wildman–Crippen MR) is 66.4 cm³/mol. The van der Waals surface area contributed by atoms with Crippen molar-refractivity contribution in [2.75, 3.05) is 0 Å². The summed E-state index contributed by atoms with van der Waals surface area (Å²) in [6, 6.07) is 0. The molecule has 1 aromatic heterocycles. The van der Waals surface area contributed by atoms with Gasteiger partial charge in [-0.05, 0) is 61.7 Å². The van der Waals surface area contributed by atoms with Crippen molar-refractivity contribution in [1.82, 2.24) is 10.1 Å². The zero-order valence-electron chi connectivity index (χ0n) is 10.7. The third kappa shape index (κ3) is 1.69. The Bertz CT molecular complexity index is 414. The smallest absolute Gasteiger partial charge is 0.240 e. The van der Waals surface area contributed by atoms with Gasteiger partial charge in [0.1, 0.15) is 0 Å².